The number of rotatable bonds is 7. The molecule has 0 saturated heterocycles. The van der Waals surface area contributed by atoms with Crippen LogP contribution >= 0.6 is 11.8 Å². The Bertz CT molecular complexity index is 1050. The number of hydrogen-bond donors (Lipinski definition) is 1. The molecule has 32 heavy (non-hydrogen) atoms. The van der Waals surface area contributed by atoms with Crippen molar-refractivity contribution < 1.29 is 9.59 Å². The Kier molecular flexibility index (Phi) is 7.21. The number of hydrogen-bond acceptors (Lipinski definition) is 5. The third kappa shape index (κ3) is 5.37. The van der Waals surface area contributed by atoms with Crippen molar-refractivity contribution in [2.75, 3.05) is 18.1 Å². The lowest BCUT2D eigenvalue weighted by Gasteiger charge is -2.31. The summed E-state index contributed by atoms with van der Waals surface area (Å²) in [6.45, 7) is 0. The van der Waals surface area contributed by atoms with E-state index in [1.54, 1.807) is 41.5 Å². The molecule has 0 radical (unpaired) electrons. The second-order valence-electron chi connectivity index (χ2n) is 7.89. The van der Waals surface area contributed by atoms with Crippen molar-refractivity contribution in [3.63, 3.8) is 0 Å². The molecule has 4 rings (SSSR count). The smallest absolute Gasteiger partial charge is 0.256 e. The zero-order valence-corrected chi connectivity index (χ0v) is 18.9. The van der Waals surface area contributed by atoms with Crippen molar-refractivity contribution in [2.45, 2.75) is 43.0 Å². The molecule has 1 aliphatic carbocycles. The topological polar surface area (TPSA) is 80.1 Å². The molecule has 0 bridgehead atoms. The first-order valence-electron chi connectivity index (χ1n) is 10.9. The number of nitrogens with zero attached hydrogens (tertiary/aromatic N) is 4. The summed E-state index contributed by atoms with van der Waals surface area (Å²) in [5, 5.41) is 7.04. The number of thioether (sulfide) groups is 1. The summed E-state index contributed by atoms with van der Waals surface area (Å²) in [5.41, 5.74) is 1.14. The van der Waals surface area contributed by atoms with E-state index in [1.807, 2.05) is 36.2 Å². The summed E-state index contributed by atoms with van der Waals surface area (Å²) in [7, 11) is 1.90. The van der Waals surface area contributed by atoms with E-state index in [4.69, 9.17) is 0 Å². The molecule has 8 heteroatoms. The lowest BCUT2D eigenvalue weighted by Crippen LogP contribution is -2.39. The van der Waals surface area contributed by atoms with E-state index in [0.717, 1.165) is 17.7 Å². The van der Waals surface area contributed by atoms with Crippen LogP contribution in [0.3, 0.4) is 0 Å². The quantitative estimate of drug-likeness (QED) is 0.541. The number of benzene rings is 1. The lowest BCUT2D eigenvalue weighted by atomic mass is 9.94. The zero-order valence-electron chi connectivity index (χ0n) is 18.1. The average Bonchev–Trinajstić information content (AvgIpc) is 3.38. The Labute approximate surface area is 192 Å². The van der Waals surface area contributed by atoms with E-state index in [1.165, 1.54) is 31.0 Å². The first-order valence-corrected chi connectivity index (χ1v) is 11.9. The largest absolute Gasteiger partial charge is 0.342 e. The van der Waals surface area contributed by atoms with Crippen molar-refractivity contribution in [3.8, 4) is 5.82 Å². The van der Waals surface area contributed by atoms with Crippen LogP contribution in [0.4, 0.5) is 5.69 Å². The van der Waals surface area contributed by atoms with Crippen LogP contribution in [-0.2, 0) is 4.79 Å². The lowest BCUT2D eigenvalue weighted by molar-refractivity contribution is -0.129. The van der Waals surface area contributed by atoms with Gasteiger partial charge in [-0.25, -0.2) is 9.67 Å². The number of carbonyl (C=O) groups is 2. The molecule has 2 aromatic heterocycles. The van der Waals surface area contributed by atoms with Gasteiger partial charge in [0.05, 0.1) is 23.2 Å². The number of amides is 2. The van der Waals surface area contributed by atoms with Crippen LogP contribution in [0.5, 0.6) is 0 Å². The number of aromatic nitrogens is 3. The molecular weight excluding hydrogens is 422 g/mol. The molecule has 0 unspecified atom stereocenters. The van der Waals surface area contributed by atoms with Crippen LogP contribution in [0.1, 0.15) is 42.5 Å². The molecule has 7 nitrogen and oxygen atoms in total. The standard InChI is InChI=1S/C24H27N5O2S/c1-28(19-8-3-2-4-9-19)23(30)17-32-21-11-6-5-10-20(21)24(31)27-18-12-13-22(25-16-18)29-15-7-14-26-29/h5-7,10-16,19H,2-4,8-9,17H2,1H3,(H,27,31). The van der Waals surface area contributed by atoms with E-state index in [2.05, 4.69) is 15.4 Å². The van der Waals surface area contributed by atoms with Gasteiger partial charge in [-0.2, -0.15) is 5.10 Å². The van der Waals surface area contributed by atoms with E-state index in [-0.39, 0.29) is 11.8 Å². The van der Waals surface area contributed by atoms with Gasteiger partial charge in [0, 0.05) is 30.4 Å². The highest BCUT2D eigenvalue weighted by Gasteiger charge is 2.22. The van der Waals surface area contributed by atoms with Gasteiger partial charge in [-0.3, -0.25) is 9.59 Å². The van der Waals surface area contributed by atoms with E-state index in [0.29, 0.717) is 28.9 Å². The Morgan fingerprint density at radius 2 is 1.94 bits per heavy atom. The number of nitrogens with one attached hydrogen (secondary N) is 1. The highest BCUT2D eigenvalue weighted by molar-refractivity contribution is 8.00. The molecule has 0 aliphatic heterocycles. The SMILES string of the molecule is CN(C(=O)CSc1ccccc1C(=O)Nc1ccc(-n2cccn2)nc1)C1CCCCC1. The van der Waals surface area contributed by atoms with Crippen molar-refractivity contribution >= 4 is 29.3 Å². The van der Waals surface area contributed by atoms with E-state index >= 15 is 0 Å². The molecule has 1 aromatic carbocycles. The Balaban J connectivity index is 1.38. The van der Waals surface area contributed by atoms with Gasteiger partial charge in [0.25, 0.3) is 5.91 Å². The fraction of sp³-hybridized carbons (Fsp3) is 0.333. The van der Waals surface area contributed by atoms with Crippen LogP contribution in [0, 0.1) is 0 Å². The van der Waals surface area contributed by atoms with Crippen LogP contribution in [0.15, 0.2) is 66.0 Å². The summed E-state index contributed by atoms with van der Waals surface area (Å²) >= 11 is 1.41. The Hall–Kier alpha value is -3.13. The van der Waals surface area contributed by atoms with Crippen molar-refractivity contribution in [1.82, 2.24) is 19.7 Å². The van der Waals surface area contributed by atoms with Gasteiger partial charge in [0.15, 0.2) is 5.82 Å². The van der Waals surface area contributed by atoms with Gasteiger partial charge >= 0.3 is 0 Å². The summed E-state index contributed by atoms with van der Waals surface area (Å²) in [6, 6.07) is 13.1. The van der Waals surface area contributed by atoms with Crippen LogP contribution in [0.2, 0.25) is 0 Å². The fourth-order valence-electron chi connectivity index (χ4n) is 3.89. The van der Waals surface area contributed by atoms with Crippen molar-refractivity contribution in [3.05, 3.63) is 66.6 Å². The zero-order chi connectivity index (χ0) is 22.3. The molecule has 0 spiro atoms. The second-order valence-corrected chi connectivity index (χ2v) is 8.91. The van der Waals surface area contributed by atoms with Gasteiger partial charge in [-0.05, 0) is 43.2 Å². The molecule has 1 fully saturated rings. The monoisotopic (exact) mass is 449 g/mol. The molecule has 2 amide bonds. The molecule has 0 atom stereocenters. The number of carbonyl (C=O) groups excluding carboxylic acids is 2. The summed E-state index contributed by atoms with van der Waals surface area (Å²) in [4.78, 5) is 32.6. The highest BCUT2D eigenvalue weighted by Crippen LogP contribution is 2.26. The molecule has 1 aliphatic rings. The molecule has 1 saturated carbocycles. The molecule has 166 valence electrons. The Morgan fingerprint density at radius 1 is 1.12 bits per heavy atom. The maximum Gasteiger partial charge on any atom is 0.256 e. The first-order chi connectivity index (χ1) is 15.6. The third-order valence-corrected chi connectivity index (χ3v) is 6.80. The van der Waals surface area contributed by atoms with E-state index < -0.39 is 0 Å². The van der Waals surface area contributed by atoms with Gasteiger partial charge < -0.3 is 10.2 Å². The van der Waals surface area contributed by atoms with Crippen LogP contribution < -0.4 is 5.32 Å². The van der Waals surface area contributed by atoms with Gasteiger partial charge in [-0.15, -0.1) is 11.8 Å². The van der Waals surface area contributed by atoms with E-state index in [9.17, 15) is 9.59 Å². The van der Waals surface area contributed by atoms with Crippen molar-refractivity contribution in [1.29, 1.82) is 0 Å². The molecule has 2 heterocycles. The maximum absolute atomic E-state index is 12.9. The summed E-state index contributed by atoms with van der Waals surface area (Å²) < 4.78 is 1.65. The number of anilines is 1. The fourth-order valence-corrected chi connectivity index (χ4v) is 4.87. The minimum atomic E-state index is -0.227. The predicted octanol–water partition coefficient (Wildman–Crippen LogP) is 4.40. The van der Waals surface area contributed by atoms with Crippen LogP contribution in [0.25, 0.3) is 5.82 Å². The Morgan fingerprint density at radius 3 is 2.66 bits per heavy atom. The maximum atomic E-state index is 12.9. The minimum absolute atomic E-state index is 0.107. The molecule has 1 N–H and O–H groups in total. The predicted molar refractivity (Wildman–Crippen MR) is 126 cm³/mol. The van der Waals surface area contributed by atoms with Crippen LogP contribution in [-0.4, -0.2) is 50.3 Å². The number of pyridine rings is 1. The minimum Gasteiger partial charge on any atom is -0.342 e. The van der Waals surface area contributed by atoms with Gasteiger partial charge in [0.2, 0.25) is 5.91 Å². The van der Waals surface area contributed by atoms with Gasteiger partial charge in [-0.1, -0.05) is 31.4 Å². The molecular formula is C24H27N5O2S. The summed E-state index contributed by atoms with van der Waals surface area (Å²) in [6.07, 6.45) is 10.9. The van der Waals surface area contributed by atoms with Crippen molar-refractivity contribution in [2.24, 2.45) is 0 Å². The first kappa shape index (κ1) is 22.1. The average molecular weight is 450 g/mol. The molecule has 3 aromatic rings. The normalized spacial score (nSPS) is 14.2. The van der Waals surface area contributed by atoms with Gasteiger partial charge in [0.1, 0.15) is 0 Å². The summed E-state index contributed by atoms with van der Waals surface area (Å²) in [5.74, 6) is 0.868. The third-order valence-electron chi connectivity index (χ3n) is 5.74. The highest BCUT2D eigenvalue weighted by atomic mass is 32.2. The second kappa shape index (κ2) is 10.5.